The molecule has 0 saturated carbocycles. The summed E-state index contributed by atoms with van der Waals surface area (Å²) in [5.41, 5.74) is 0.0272. The molecule has 0 radical (unpaired) electrons. The molecule has 2 aromatic carbocycles. The Labute approximate surface area is 118 Å². The van der Waals surface area contributed by atoms with E-state index in [9.17, 15) is 18.4 Å². The lowest BCUT2D eigenvalue weighted by Gasteiger charge is -2.08. The van der Waals surface area contributed by atoms with Crippen molar-refractivity contribution in [1.82, 2.24) is 0 Å². The first-order valence-electron chi connectivity index (χ1n) is 5.90. The van der Waals surface area contributed by atoms with Gasteiger partial charge in [0.25, 0.3) is 0 Å². The number of carbonyl (C=O) groups excluding carboxylic acids is 1. The predicted molar refractivity (Wildman–Crippen MR) is 69.5 cm³/mol. The fourth-order valence-electron chi connectivity index (χ4n) is 1.72. The lowest BCUT2D eigenvalue weighted by Crippen LogP contribution is -2.03. The third-order valence-electron chi connectivity index (χ3n) is 2.72. The summed E-state index contributed by atoms with van der Waals surface area (Å²) in [6.07, 6.45) is 0.460. The smallest absolute Gasteiger partial charge is 0.335 e. The summed E-state index contributed by atoms with van der Waals surface area (Å²) in [4.78, 5) is 21.4. The molecule has 0 aromatic heterocycles. The Bertz CT molecular complexity index is 698. The Morgan fingerprint density at radius 1 is 1.19 bits per heavy atom. The number of aromatic carboxylic acids is 1. The Morgan fingerprint density at radius 2 is 1.95 bits per heavy atom. The number of carboxylic acids is 1. The van der Waals surface area contributed by atoms with Gasteiger partial charge in [0, 0.05) is 17.2 Å². The lowest BCUT2D eigenvalue weighted by atomic mass is 10.1. The lowest BCUT2D eigenvalue weighted by molar-refractivity contribution is 0.0696. The van der Waals surface area contributed by atoms with E-state index in [2.05, 4.69) is 0 Å². The molecule has 0 atom stereocenters. The van der Waals surface area contributed by atoms with Crippen molar-refractivity contribution in [2.75, 3.05) is 0 Å². The molecule has 4 nitrogen and oxygen atoms in total. The first-order chi connectivity index (χ1) is 9.99. The highest BCUT2D eigenvalue weighted by Gasteiger charge is 2.09. The van der Waals surface area contributed by atoms with Crippen LogP contribution in [-0.2, 0) is 6.61 Å². The fraction of sp³-hybridized carbons (Fsp3) is 0.0667. The number of halogens is 2. The molecule has 0 unspecified atom stereocenters. The summed E-state index contributed by atoms with van der Waals surface area (Å²) in [6.45, 7) is -0.283. The van der Waals surface area contributed by atoms with Gasteiger partial charge in [-0.05, 0) is 30.3 Å². The molecular weight excluding hydrogens is 282 g/mol. The van der Waals surface area contributed by atoms with Crippen molar-refractivity contribution in [3.05, 3.63) is 64.7 Å². The van der Waals surface area contributed by atoms with Crippen LogP contribution in [0.25, 0.3) is 0 Å². The molecule has 0 saturated heterocycles. The van der Waals surface area contributed by atoms with Crippen LogP contribution in [0.3, 0.4) is 0 Å². The molecule has 0 amide bonds. The topological polar surface area (TPSA) is 63.6 Å². The van der Waals surface area contributed by atoms with Crippen LogP contribution in [-0.4, -0.2) is 17.4 Å². The Kier molecular flexibility index (Phi) is 4.27. The minimum atomic E-state index is -1.19. The number of rotatable bonds is 5. The second-order valence-corrected chi connectivity index (χ2v) is 4.24. The van der Waals surface area contributed by atoms with Crippen molar-refractivity contribution in [2.24, 2.45) is 0 Å². The van der Waals surface area contributed by atoms with Gasteiger partial charge in [0.2, 0.25) is 0 Å². The molecule has 0 spiro atoms. The quantitative estimate of drug-likeness (QED) is 0.860. The molecular formula is C15H10F2O4. The number of benzene rings is 2. The standard InChI is InChI=1S/C15H10F2O4/c16-12-3-9(7-18)4-13(6-12)21-8-11-5-10(15(19)20)1-2-14(11)17/h1-7H,8H2,(H,19,20). The highest BCUT2D eigenvalue weighted by atomic mass is 19.1. The van der Waals surface area contributed by atoms with Gasteiger partial charge in [0.1, 0.15) is 30.3 Å². The van der Waals surface area contributed by atoms with E-state index in [0.717, 1.165) is 30.3 Å². The maximum atomic E-state index is 13.6. The molecule has 0 bridgehead atoms. The van der Waals surface area contributed by atoms with E-state index >= 15 is 0 Å². The van der Waals surface area contributed by atoms with Crippen LogP contribution in [0.5, 0.6) is 5.75 Å². The highest BCUT2D eigenvalue weighted by molar-refractivity contribution is 5.87. The summed E-state index contributed by atoms with van der Waals surface area (Å²) in [5, 5.41) is 8.84. The maximum absolute atomic E-state index is 13.6. The first-order valence-corrected chi connectivity index (χ1v) is 5.90. The molecule has 0 aliphatic heterocycles. The van der Waals surface area contributed by atoms with Gasteiger partial charge in [-0.3, -0.25) is 4.79 Å². The molecule has 0 fully saturated rings. The maximum Gasteiger partial charge on any atom is 0.335 e. The zero-order chi connectivity index (χ0) is 15.4. The van der Waals surface area contributed by atoms with Crippen molar-refractivity contribution >= 4 is 12.3 Å². The highest BCUT2D eigenvalue weighted by Crippen LogP contribution is 2.18. The van der Waals surface area contributed by atoms with Gasteiger partial charge in [0.15, 0.2) is 0 Å². The van der Waals surface area contributed by atoms with Crippen LogP contribution in [0.1, 0.15) is 26.3 Å². The summed E-state index contributed by atoms with van der Waals surface area (Å²) in [7, 11) is 0. The molecule has 0 aliphatic carbocycles. The average Bonchev–Trinajstić information content (AvgIpc) is 2.45. The molecule has 0 aliphatic rings. The van der Waals surface area contributed by atoms with Gasteiger partial charge < -0.3 is 9.84 Å². The van der Waals surface area contributed by atoms with E-state index in [4.69, 9.17) is 9.84 Å². The van der Waals surface area contributed by atoms with Crippen molar-refractivity contribution in [3.8, 4) is 5.75 Å². The van der Waals surface area contributed by atoms with Crippen LogP contribution in [0, 0.1) is 11.6 Å². The Balaban J connectivity index is 2.20. The van der Waals surface area contributed by atoms with Crippen LogP contribution < -0.4 is 4.74 Å². The molecule has 1 N–H and O–H groups in total. The summed E-state index contributed by atoms with van der Waals surface area (Å²) in [6, 6.07) is 6.67. The van der Waals surface area contributed by atoms with Gasteiger partial charge in [-0.1, -0.05) is 0 Å². The zero-order valence-electron chi connectivity index (χ0n) is 10.7. The fourth-order valence-corrected chi connectivity index (χ4v) is 1.72. The van der Waals surface area contributed by atoms with Crippen LogP contribution >= 0.6 is 0 Å². The van der Waals surface area contributed by atoms with E-state index in [-0.39, 0.29) is 29.0 Å². The van der Waals surface area contributed by atoms with E-state index in [1.807, 2.05) is 0 Å². The van der Waals surface area contributed by atoms with Gasteiger partial charge in [0.05, 0.1) is 5.56 Å². The van der Waals surface area contributed by atoms with Gasteiger partial charge in [-0.25, -0.2) is 13.6 Å². The summed E-state index contributed by atoms with van der Waals surface area (Å²) >= 11 is 0. The Hall–Kier alpha value is -2.76. The van der Waals surface area contributed by atoms with Crippen LogP contribution in [0.4, 0.5) is 8.78 Å². The molecule has 2 aromatic rings. The number of carboxylic acid groups (broad SMARTS) is 1. The number of carbonyl (C=O) groups is 2. The SMILES string of the molecule is O=Cc1cc(F)cc(OCc2cc(C(=O)O)ccc2F)c1. The minimum Gasteiger partial charge on any atom is -0.489 e. The normalized spacial score (nSPS) is 10.2. The molecule has 6 heteroatoms. The van der Waals surface area contributed by atoms with Crippen LogP contribution in [0.2, 0.25) is 0 Å². The summed E-state index contributed by atoms with van der Waals surface area (Å²) < 4.78 is 32.0. The number of hydrogen-bond donors (Lipinski definition) is 1. The number of hydrogen-bond acceptors (Lipinski definition) is 3. The van der Waals surface area contributed by atoms with Gasteiger partial charge >= 0.3 is 5.97 Å². The van der Waals surface area contributed by atoms with Crippen molar-refractivity contribution in [3.63, 3.8) is 0 Å². The third-order valence-corrected chi connectivity index (χ3v) is 2.72. The third kappa shape index (κ3) is 3.62. The largest absolute Gasteiger partial charge is 0.489 e. The van der Waals surface area contributed by atoms with Crippen molar-refractivity contribution in [1.29, 1.82) is 0 Å². The second kappa shape index (κ2) is 6.13. The van der Waals surface area contributed by atoms with Gasteiger partial charge in [-0.15, -0.1) is 0 Å². The second-order valence-electron chi connectivity index (χ2n) is 4.24. The number of aldehydes is 1. The minimum absolute atomic E-state index is 0.0202. The summed E-state index contributed by atoms with van der Waals surface area (Å²) in [5.74, 6) is -2.43. The number of ether oxygens (including phenoxy) is 1. The molecule has 0 heterocycles. The van der Waals surface area contributed by atoms with Crippen LogP contribution in [0.15, 0.2) is 36.4 Å². The van der Waals surface area contributed by atoms with Crippen molar-refractivity contribution < 1.29 is 28.2 Å². The zero-order valence-corrected chi connectivity index (χ0v) is 10.7. The molecule has 21 heavy (non-hydrogen) atoms. The van der Waals surface area contributed by atoms with E-state index in [1.165, 1.54) is 6.07 Å². The first kappa shape index (κ1) is 14.6. The molecule has 2 rings (SSSR count). The van der Waals surface area contributed by atoms with E-state index in [0.29, 0.717) is 6.29 Å². The average molecular weight is 292 g/mol. The van der Waals surface area contributed by atoms with E-state index in [1.54, 1.807) is 0 Å². The Morgan fingerprint density at radius 3 is 2.62 bits per heavy atom. The monoisotopic (exact) mass is 292 g/mol. The van der Waals surface area contributed by atoms with Gasteiger partial charge in [-0.2, -0.15) is 0 Å². The molecule has 108 valence electrons. The van der Waals surface area contributed by atoms with E-state index < -0.39 is 17.6 Å². The van der Waals surface area contributed by atoms with Crippen molar-refractivity contribution in [2.45, 2.75) is 6.61 Å². The predicted octanol–water partition coefficient (Wildman–Crippen LogP) is 3.05.